The first-order chi connectivity index (χ1) is 31.8. The minimum Gasteiger partial charge on any atom is -0.466 e. The van der Waals surface area contributed by atoms with Gasteiger partial charge in [0.05, 0.1) is 25.5 Å². The van der Waals surface area contributed by atoms with E-state index >= 15 is 0 Å². The molecule has 0 radical (unpaired) electrons. The van der Waals surface area contributed by atoms with E-state index in [1.165, 1.54) is 89.9 Å². The molecule has 2 N–H and O–H groups in total. The summed E-state index contributed by atoms with van der Waals surface area (Å²) in [7, 11) is 3.30. The Bertz CT molecular complexity index is 1160. The van der Waals surface area contributed by atoms with Crippen LogP contribution in [0.5, 0.6) is 0 Å². The molecule has 0 amide bonds. The van der Waals surface area contributed by atoms with Gasteiger partial charge in [0.2, 0.25) is 5.78 Å². The second kappa shape index (κ2) is 44.3. The van der Waals surface area contributed by atoms with E-state index in [4.69, 9.17) is 18.9 Å². The molecule has 0 spiro atoms. The van der Waals surface area contributed by atoms with Gasteiger partial charge in [0.25, 0.3) is 0 Å². The van der Waals surface area contributed by atoms with E-state index in [9.17, 15) is 19.5 Å². The molecule has 0 heterocycles. The molecule has 11 nitrogen and oxygen atoms in total. The molecule has 2 unspecified atom stereocenters. The summed E-state index contributed by atoms with van der Waals surface area (Å²) in [6.07, 6.45) is 35.9. The molecule has 11 heteroatoms. The van der Waals surface area contributed by atoms with Gasteiger partial charge in [0.1, 0.15) is 11.8 Å². The molecule has 0 bridgehead atoms. The van der Waals surface area contributed by atoms with Crippen LogP contribution in [-0.4, -0.2) is 118 Å². The molecule has 0 aliphatic heterocycles. The number of ketones is 1. The van der Waals surface area contributed by atoms with Crippen LogP contribution in [0.2, 0.25) is 0 Å². The maximum atomic E-state index is 12.9. The number of carbonyl (C=O) groups excluding carboxylic acids is 3. The number of Topliss-reactive ketones (excluding diaryl/α,β-unsaturated/α-hetero) is 1. The van der Waals surface area contributed by atoms with Crippen LogP contribution in [0.4, 0.5) is 0 Å². The van der Waals surface area contributed by atoms with Crippen molar-refractivity contribution in [2.45, 2.75) is 245 Å². The Hall–Kier alpha value is -2.21. The number of hydrogen-bond acceptors (Lipinski definition) is 11. The summed E-state index contributed by atoms with van der Waals surface area (Å²) >= 11 is 0. The number of hydrogen-bond donors (Lipinski definition) is 2. The zero-order chi connectivity index (χ0) is 47.4. The van der Waals surface area contributed by atoms with Crippen molar-refractivity contribution in [3.05, 3.63) is 11.4 Å². The maximum absolute atomic E-state index is 12.9. The van der Waals surface area contributed by atoms with E-state index in [0.717, 1.165) is 129 Å². The minimum absolute atomic E-state index is 0.00767. The number of unbranched alkanes of at least 4 members (excludes halogenated alkanes) is 23. The van der Waals surface area contributed by atoms with Crippen molar-refractivity contribution in [1.29, 1.82) is 0 Å². The Morgan fingerprint density at radius 2 is 0.969 bits per heavy atom. The first-order valence-electron chi connectivity index (χ1n) is 27.3. The van der Waals surface area contributed by atoms with Gasteiger partial charge >= 0.3 is 11.9 Å². The fourth-order valence-corrected chi connectivity index (χ4v) is 8.78. The van der Waals surface area contributed by atoms with Gasteiger partial charge in [-0.15, -0.1) is 0 Å². The summed E-state index contributed by atoms with van der Waals surface area (Å²) in [4.78, 5) is 42.4. The van der Waals surface area contributed by atoms with Gasteiger partial charge in [-0.1, -0.05) is 156 Å². The number of esters is 2. The molecular formula is C54H103N3O8. The van der Waals surface area contributed by atoms with E-state index in [1.54, 1.807) is 14.2 Å². The summed E-state index contributed by atoms with van der Waals surface area (Å²) in [5.74, 6) is -0.311. The quantitative estimate of drug-likeness (QED) is 0.0447. The molecule has 0 saturated carbocycles. The third-order valence-electron chi connectivity index (χ3n) is 13.0. The standard InChI is InChI=1S/C54H103N3O8/c1-6-9-12-15-17-26-33-45-64-49(58)37-29-22-18-24-31-40-56(42-34-39-55-51-52(54(61)53(51)60)57(43-46-62-4)44-47-63-5)41-32-25-19-23-30-38-50(59)65-48(35-27-20-14-11-8-3)36-28-21-16-13-10-7-2/h48,54-55,61H,6-47H2,1-5H3. The Balaban J connectivity index is 2.55. The van der Waals surface area contributed by atoms with Crippen molar-refractivity contribution in [3.63, 3.8) is 0 Å². The maximum Gasteiger partial charge on any atom is 0.306 e. The molecule has 1 rings (SSSR count). The van der Waals surface area contributed by atoms with Crippen molar-refractivity contribution in [2.75, 3.05) is 73.3 Å². The van der Waals surface area contributed by atoms with Crippen LogP contribution in [0.15, 0.2) is 11.4 Å². The summed E-state index contributed by atoms with van der Waals surface area (Å²) in [5, 5.41) is 13.9. The smallest absolute Gasteiger partial charge is 0.306 e. The van der Waals surface area contributed by atoms with Crippen LogP contribution in [0.25, 0.3) is 0 Å². The van der Waals surface area contributed by atoms with Crippen LogP contribution in [0.3, 0.4) is 0 Å². The normalized spacial score (nSPS) is 14.3. The van der Waals surface area contributed by atoms with Crippen LogP contribution < -0.4 is 5.32 Å². The molecule has 2 atom stereocenters. The predicted octanol–water partition coefficient (Wildman–Crippen LogP) is 12.0. The average Bonchev–Trinajstić information content (AvgIpc) is 3.30. The van der Waals surface area contributed by atoms with Crippen molar-refractivity contribution in [1.82, 2.24) is 15.1 Å². The summed E-state index contributed by atoms with van der Waals surface area (Å²) in [5.41, 5.74) is 1.15. The molecule has 1 aliphatic carbocycles. The van der Waals surface area contributed by atoms with E-state index in [0.29, 0.717) is 63.7 Å². The van der Waals surface area contributed by atoms with Gasteiger partial charge in [-0.25, -0.2) is 0 Å². The second-order valence-corrected chi connectivity index (χ2v) is 18.9. The number of nitrogens with one attached hydrogen (secondary N) is 1. The number of aliphatic hydroxyl groups is 1. The first kappa shape index (κ1) is 60.8. The molecule has 0 aromatic rings. The third kappa shape index (κ3) is 33.0. The van der Waals surface area contributed by atoms with E-state index in [1.807, 2.05) is 4.90 Å². The summed E-state index contributed by atoms with van der Waals surface area (Å²) in [6, 6.07) is 0. The molecule has 0 saturated heterocycles. The number of nitrogens with zero attached hydrogens (tertiary/aromatic N) is 2. The minimum atomic E-state index is -1.11. The third-order valence-corrected chi connectivity index (χ3v) is 13.0. The highest BCUT2D eigenvalue weighted by Gasteiger charge is 2.40. The Morgan fingerprint density at radius 1 is 0.538 bits per heavy atom. The van der Waals surface area contributed by atoms with Crippen molar-refractivity contribution >= 4 is 17.7 Å². The zero-order valence-corrected chi connectivity index (χ0v) is 43.1. The fraction of sp³-hybridized carbons (Fsp3) is 0.907. The van der Waals surface area contributed by atoms with Gasteiger partial charge in [-0.05, 0) is 83.8 Å². The lowest BCUT2D eigenvalue weighted by molar-refractivity contribution is -0.150. The Labute approximate surface area is 399 Å². The van der Waals surface area contributed by atoms with Crippen molar-refractivity contribution in [2.24, 2.45) is 0 Å². The van der Waals surface area contributed by atoms with E-state index in [-0.39, 0.29) is 23.8 Å². The topological polar surface area (TPSA) is 127 Å². The molecule has 0 aromatic heterocycles. The second-order valence-electron chi connectivity index (χ2n) is 18.9. The highest BCUT2D eigenvalue weighted by Crippen LogP contribution is 2.26. The zero-order valence-electron chi connectivity index (χ0n) is 43.1. The largest absolute Gasteiger partial charge is 0.466 e. The molecule has 1 aliphatic rings. The van der Waals surface area contributed by atoms with Crippen molar-refractivity contribution < 1.29 is 38.4 Å². The Morgan fingerprint density at radius 3 is 1.48 bits per heavy atom. The number of rotatable bonds is 50. The lowest BCUT2D eigenvalue weighted by Gasteiger charge is -2.37. The number of carbonyl (C=O) groups is 3. The fourth-order valence-electron chi connectivity index (χ4n) is 8.78. The molecule has 382 valence electrons. The van der Waals surface area contributed by atoms with Crippen molar-refractivity contribution in [3.8, 4) is 0 Å². The summed E-state index contributed by atoms with van der Waals surface area (Å²) in [6.45, 7) is 13.1. The van der Waals surface area contributed by atoms with Gasteiger partial charge in [-0.3, -0.25) is 14.4 Å². The SMILES string of the molecule is CCCCCCCCCOC(=O)CCCCCCCN(CCCCCCCC(=O)OC(CCCCCCC)CCCCCCCC)CCCNC1=C(N(CCOC)CCOC)C(O)C1=O. The van der Waals surface area contributed by atoms with E-state index in [2.05, 4.69) is 31.0 Å². The first-order valence-corrected chi connectivity index (χ1v) is 27.3. The Kier molecular flexibility index (Phi) is 41.4. The van der Waals surface area contributed by atoms with Crippen LogP contribution in [0.1, 0.15) is 233 Å². The van der Waals surface area contributed by atoms with Gasteiger partial charge < -0.3 is 39.2 Å². The lowest BCUT2D eigenvalue weighted by atomic mass is 9.93. The molecule has 0 fully saturated rings. The number of ether oxygens (including phenoxy) is 4. The van der Waals surface area contributed by atoms with Gasteiger partial charge in [-0.2, -0.15) is 0 Å². The molecule has 0 aromatic carbocycles. The van der Waals surface area contributed by atoms with E-state index < -0.39 is 6.10 Å². The van der Waals surface area contributed by atoms with Gasteiger partial charge in [0.15, 0.2) is 6.10 Å². The average molecular weight is 922 g/mol. The molecule has 65 heavy (non-hydrogen) atoms. The van der Waals surface area contributed by atoms with Crippen LogP contribution >= 0.6 is 0 Å². The predicted molar refractivity (Wildman–Crippen MR) is 268 cm³/mol. The van der Waals surface area contributed by atoms with Crippen LogP contribution in [0, 0.1) is 0 Å². The highest BCUT2D eigenvalue weighted by atomic mass is 16.5. The monoisotopic (exact) mass is 922 g/mol. The number of methoxy groups -OCH3 is 2. The molecular weight excluding hydrogens is 819 g/mol. The number of aliphatic hydroxyl groups excluding tert-OH is 1. The van der Waals surface area contributed by atoms with Crippen LogP contribution in [-0.2, 0) is 33.3 Å². The lowest BCUT2D eigenvalue weighted by Crippen LogP contribution is -2.51. The highest BCUT2D eigenvalue weighted by molar-refractivity contribution is 6.07. The van der Waals surface area contributed by atoms with Gasteiger partial charge in [0, 0.05) is 46.7 Å². The summed E-state index contributed by atoms with van der Waals surface area (Å²) < 4.78 is 22.1.